The van der Waals surface area contributed by atoms with Gasteiger partial charge >= 0.3 is 6.09 Å². The molecule has 0 saturated carbocycles. The third-order valence-corrected chi connectivity index (χ3v) is 4.51. The van der Waals surface area contributed by atoms with E-state index in [9.17, 15) is 10.0 Å². The Morgan fingerprint density at radius 1 is 1.14 bits per heavy atom. The van der Waals surface area contributed by atoms with Crippen LogP contribution in [-0.4, -0.2) is 36.6 Å². The average molecular weight is 401 g/mol. The maximum atomic E-state index is 12.3. The van der Waals surface area contributed by atoms with E-state index in [-0.39, 0.29) is 12.0 Å². The molecule has 0 aromatic heterocycles. The van der Waals surface area contributed by atoms with Gasteiger partial charge in [-0.15, -0.1) is 0 Å². The van der Waals surface area contributed by atoms with Crippen LogP contribution in [0.3, 0.4) is 0 Å². The first-order valence-electron chi connectivity index (χ1n) is 9.87. The highest BCUT2D eigenvalue weighted by Gasteiger charge is 2.31. The number of rotatable bonds is 9. The Morgan fingerprint density at radius 2 is 1.86 bits per heavy atom. The summed E-state index contributed by atoms with van der Waals surface area (Å²) >= 11 is 0. The van der Waals surface area contributed by atoms with Crippen molar-refractivity contribution in [2.24, 2.45) is 5.41 Å². The van der Waals surface area contributed by atoms with Crippen molar-refractivity contribution in [3.63, 3.8) is 0 Å². The number of ether oxygens (including phenoxy) is 2. The summed E-state index contributed by atoms with van der Waals surface area (Å²) in [6.07, 6.45) is -0.584. The van der Waals surface area contributed by atoms with Crippen molar-refractivity contribution in [3.05, 3.63) is 65.7 Å². The summed E-state index contributed by atoms with van der Waals surface area (Å²) in [6, 6.07) is 17.4. The lowest BCUT2D eigenvalue weighted by Gasteiger charge is -2.31. The lowest BCUT2D eigenvalue weighted by Crippen LogP contribution is -2.34. The van der Waals surface area contributed by atoms with E-state index < -0.39 is 12.2 Å². The third kappa shape index (κ3) is 7.40. The van der Waals surface area contributed by atoms with Crippen LogP contribution in [0.1, 0.15) is 44.4 Å². The van der Waals surface area contributed by atoms with Crippen molar-refractivity contribution in [1.29, 1.82) is 0 Å². The minimum atomic E-state index is -0.735. The van der Waals surface area contributed by atoms with Crippen LogP contribution in [0.2, 0.25) is 0 Å². The van der Waals surface area contributed by atoms with Gasteiger partial charge in [0, 0.05) is 12.0 Å². The van der Waals surface area contributed by atoms with E-state index in [1.54, 1.807) is 7.11 Å². The molecule has 2 aromatic rings. The smallest absolute Gasteiger partial charge is 0.434 e. The Hall–Kier alpha value is -2.57. The minimum Gasteiger partial charge on any atom is -0.497 e. The second-order valence-electron chi connectivity index (χ2n) is 8.05. The minimum absolute atomic E-state index is 0.190. The molecule has 6 nitrogen and oxygen atoms in total. The van der Waals surface area contributed by atoms with Crippen LogP contribution in [-0.2, 0) is 11.3 Å². The largest absolute Gasteiger partial charge is 0.497 e. The summed E-state index contributed by atoms with van der Waals surface area (Å²) in [5, 5.41) is 14.0. The molecule has 29 heavy (non-hydrogen) atoms. The Morgan fingerprint density at radius 3 is 2.52 bits per heavy atom. The van der Waals surface area contributed by atoms with E-state index in [1.807, 2.05) is 75.4 Å². The SMILES string of the molecule is COc1cccc(CNCCCN(O)C(=O)OC(c2ccccc2)C(C)(C)C)c1. The molecule has 0 aliphatic rings. The summed E-state index contributed by atoms with van der Waals surface area (Å²) in [6.45, 7) is 7.54. The predicted molar refractivity (Wildman–Crippen MR) is 113 cm³/mol. The van der Waals surface area contributed by atoms with Gasteiger partial charge in [0.1, 0.15) is 11.9 Å². The van der Waals surface area contributed by atoms with Gasteiger partial charge in [0.15, 0.2) is 0 Å². The monoisotopic (exact) mass is 400 g/mol. The van der Waals surface area contributed by atoms with Gasteiger partial charge in [0.05, 0.1) is 13.7 Å². The predicted octanol–water partition coefficient (Wildman–Crippen LogP) is 4.79. The fourth-order valence-corrected chi connectivity index (χ4v) is 2.99. The molecule has 2 rings (SSSR count). The molecule has 2 aromatic carbocycles. The summed E-state index contributed by atoms with van der Waals surface area (Å²) in [5.74, 6) is 0.820. The first kappa shape index (κ1) is 22.7. The van der Waals surface area contributed by atoms with Crippen molar-refractivity contribution >= 4 is 6.09 Å². The fourth-order valence-electron chi connectivity index (χ4n) is 2.99. The van der Waals surface area contributed by atoms with Crippen LogP contribution in [0.4, 0.5) is 4.79 Å². The molecule has 0 aliphatic heterocycles. The molecule has 0 radical (unpaired) electrons. The quantitative estimate of drug-likeness (QED) is 0.360. The van der Waals surface area contributed by atoms with Crippen LogP contribution in [0, 0.1) is 5.41 Å². The summed E-state index contributed by atoms with van der Waals surface area (Å²) < 4.78 is 10.8. The molecule has 1 amide bonds. The number of methoxy groups -OCH3 is 1. The molecular formula is C23H32N2O4. The molecule has 0 bridgehead atoms. The van der Waals surface area contributed by atoms with Gasteiger partial charge in [-0.3, -0.25) is 5.21 Å². The number of nitrogens with zero attached hydrogens (tertiary/aromatic N) is 1. The summed E-state index contributed by atoms with van der Waals surface area (Å²) in [7, 11) is 1.64. The molecule has 0 saturated heterocycles. The van der Waals surface area contributed by atoms with E-state index in [0.717, 1.165) is 16.9 Å². The van der Waals surface area contributed by atoms with Crippen LogP contribution < -0.4 is 10.1 Å². The highest BCUT2D eigenvalue weighted by atomic mass is 16.6. The first-order valence-corrected chi connectivity index (χ1v) is 9.87. The lowest BCUT2D eigenvalue weighted by atomic mass is 9.84. The van der Waals surface area contributed by atoms with Crippen LogP contribution in [0.5, 0.6) is 5.75 Å². The van der Waals surface area contributed by atoms with Gasteiger partial charge in [0.2, 0.25) is 0 Å². The van der Waals surface area contributed by atoms with Gasteiger partial charge in [-0.2, -0.15) is 5.06 Å². The van der Waals surface area contributed by atoms with Gasteiger partial charge < -0.3 is 14.8 Å². The number of benzene rings is 2. The van der Waals surface area contributed by atoms with Crippen LogP contribution in [0.25, 0.3) is 0 Å². The van der Waals surface area contributed by atoms with E-state index >= 15 is 0 Å². The van der Waals surface area contributed by atoms with E-state index in [4.69, 9.17) is 9.47 Å². The molecule has 6 heteroatoms. The number of nitrogens with one attached hydrogen (secondary N) is 1. The molecule has 0 heterocycles. The zero-order chi connectivity index (χ0) is 21.3. The summed E-state index contributed by atoms with van der Waals surface area (Å²) in [5.41, 5.74) is 1.72. The Balaban J connectivity index is 1.77. The zero-order valence-corrected chi connectivity index (χ0v) is 17.7. The Kier molecular flexibility index (Phi) is 8.49. The molecule has 0 aliphatic carbocycles. The standard InChI is InChI=1S/C23H32N2O4/c1-23(2,3)21(19-11-6-5-7-12-19)29-22(26)25(27)15-9-14-24-17-18-10-8-13-20(16-18)28-4/h5-8,10-13,16,21,24,27H,9,14-15,17H2,1-4H3. The van der Waals surface area contributed by atoms with Crippen LogP contribution in [0.15, 0.2) is 54.6 Å². The normalized spacial score (nSPS) is 12.3. The Bertz CT molecular complexity index is 759. The van der Waals surface area contributed by atoms with Crippen LogP contribution >= 0.6 is 0 Å². The molecule has 0 spiro atoms. The molecule has 1 unspecified atom stereocenters. The zero-order valence-electron chi connectivity index (χ0n) is 17.7. The third-order valence-electron chi connectivity index (χ3n) is 4.51. The lowest BCUT2D eigenvalue weighted by molar-refractivity contribution is -0.0959. The number of amides is 1. The molecule has 0 fully saturated rings. The molecule has 2 N–H and O–H groups in total. The maximum absolute atomic E-state index is 12.3. The van der Waals surface area contributed by atoms with Gasteiger partial charge in [-0.05, 0) is 36.2 Å². The van der Waals surface area contributed by atoms with Gasteiger partial charge in [-0.1, -0.05) is 63.2 Å². The van der Waals surface area contributed by atoms with Crippen molar-refractivity contribution in [2.75, 3.05) is 20.2 Å². The van der Waals surface area contributed by atoms with Crippen molar-refractivity contribution in [2.45, 2.75) is 39.8 Å². The second kappa shape index (κ2) is 10.8. The molecular weight excluding hydrogens is 368 g/mol. The van der Waals surface area contributed by atoms with E-state index in [2.05, 4.69) is 5.32 Å². The Labute approximate surface area is 173 Å². The average Bonchev–Trinajstić information content (AvgIpc) is 2.71. The fraction of sp³-hybridized carbons (Fsp3) is 0.435. The highest BCUT2D eigenvalue weighted by Crippen LogP contribution is 2.36. The van der Waals surface area contributed by atoms with Crippen molar-refractivity contribution in [3.8, 4) is 5.75 Å². The topological polar surface area (TPSA) is 71.0 Å². The van der Waals surface area contributed by atoms with E-state index in [1.165, 1.54) is 0 Å². The van der Waals surface area contributed by atoms with Crippen molar-refractivity contribution in [1.82, 2.24) is 10.4 Å². The van der Waals surface area contributed by atoms with Crippen molar-refractivity contribution < 1.29 is 19.5 Å². The number of hydrogen-bond donors (Lipinski definition) is 2. The number of hydrogen-bond acceptors (Lipinski definition) is 5. The first-order chi connectivity index (χ1) is 13.8. The summed E-state index contributed by atoms with van der Waals surface area (Å²) in [4.78, 5) is 12.3. The maximum Gasteiger partial charge on any atom is 0.434 e. The number of carbonyl (C=O) groups is 1. The van der Waals surface area contributed by atoms with E-state index in [0.29, 0.717) is 24.6 Å². The van der Waals surface area contributed by atoms with Gasteiger partial charge in [-0.25, -0.2) is 4.79 Å². The highest BCUT2D eigenvalue weighted by molar-refractivity contribution is 5.66. The number of hydroxylamine groups is 2. The molecule has 158 valence electrons. The second-order valence-corrected chi connectivity index (χ2v) is 8.05. The molecule has 1 atom stereocenters. The number of carbonyl (C=O) groups excluding carboxylic acids is 1. The van der Waals surface area contributed by atoms with Gasteiger partial charge in [0.25, 0.3) is 0 Å².